The van der Waals surface area contributed by atoms with Crippen LogP contribution < -0.4 is 0 Å². The summed E-state index contributed by atoms with van der Waals surface area (Å²) in [5.41, 5.74) is 0. The average molecular weight is 222 g/mol. The van der Waals surface area contributed by atoms with Crippen molar-refractivity contribution in [3.05, 3.63) is 24.8 Å². The highest BCUT2D eigenvalue weighted by Gasteiger charge is 1.99. The van der Waals surface area contributed by atoms with E-state index in [0.717, 1.165) is 5.92 Å². The Kier molecular flexibility index (Phi) is 12.1. The van der Waals surface area contributed by atoms with Gasteiger partial charge >= 0.3 is 0 Å². The molecule has 0 amide bonds. The summed E-state index contributed by atoms with van der Waals surface area (Å²) in [7, 11) is 0. The highest BCUT2D eigenvalue weighted by Crippen LogP contribution is 2.15. The minimum Gasteiger partial charge on any atom is -0.103 e. The van der Waals surface area contributed by atoms with Crippen molar-refractivity contribution in [2.75, 3.05) is 0 Å². The van der Waals surface area contributed by atoms with Gasteiger partial charge in [0.25, 0.3) is 0 Å². The Morgan fingerprint density at radius 1 is 1.00 bits per heavy atom. The van der Waals surface area contributed by atoms with E-state index in [1.165, 1.54) is 57.8 Å². The van der Waals surface area contributed by atoms with Crippen LogP contribution in [0.15, 0.2) is 24.8 Å². The summed E-state index contributed by atoms with van der Waals surface area (Å²) in [5, 5.41) is 0. The zero-order chi connectivity index (χ0) is 12.1. The molecule has 1 atom stereocenters. The fourth-order valence-corrected chi connectivity index (χ4v) is 1.92. The van der Waals surface area contributed by atoms with E-state index in [-0.39, 0.29) is 0 Å². The largest absolute Gasteiger partial charge is 0.103 e. The Balaban J connectivity index is 3.17. The molecule has 0 aromatic heterocycles. The van der Waals surface area contributed by atoms with E-state index in [9.17, 15) is 0 Å². The molecule has 0 fully saturated rings. The summed E-state index contributed by atoms with van der Waals surface area (Å²) >= 11 is 0. The summed E-state index contributed by atoms with van der Waals surface area (Å²) in [6, 6.07) is 0. The lowest BCUT2D eigenvalue weighted by Gasteiger charge is -2.08. The third kappa shape index (κ3) is 11.6. The molecule has 16 heavy (non-hydrogen) atoms. The monoisotopic (exact) mass is 222 g/mol. The zero-order valence-electron chi connectivity index (χ0n) is 11.4. The van der Waals surface area contributed by atoms with Crippen LogP contribution in [0.3, 0.4) is 0 Å². The molecule has 0 heteroatoms. The molecule has 0 heterocycles. The van der Waals surface area contributed by atoms with Crippen LogP contribution >= 0.6 is 0 Å². The van der Waals surface area contributed by atoms with Crippen molar-refractivity contribution in [3.8, 4) is 0 Å². The van der Waals surface area contributed by atoms with Gasteiger partial charge in [0.1, 0.15) is 0 Å². The highest BCUT2D eigenvalue weighted by molar-refractivity contribution is 4.81. The lowest BCUT2D eigenvalue weighted by molar-refractivity contribution is 0.488. The van der Waals surface area contributed by atoms with Crippen molar-refractivity contribution in [1.82, 2.24) is 0 Å². The first-order valence-corrected chi connectivity index (χ1v) is 7.07. The van der Waals surface area contributed by atoms with E-state index in [0.29, 0.717) is 0 Å². The molecule has 0 aromatic rings. The predicted octanol–water partition coefficient (Wildman–Crippen LogP) is 5.90. The normalized spacial score (nSPS) is 13.1. The molecule has 0 aliphatic heterocycles. The number of hydrogen-bond donors (Lipinski definition) is 0. The number of unbranched alkanes of at least 4 members (excludes halogenated alkanes) is 5. The Morgan fingerprint density at radius 2 is 1.69 bits per heavy atom. The maximum absolute atomic E-state index is 3.75. The molecule has 0 aliphatic carbocycles. The van der Waals surface area contributed by atoms with Gasteiger partial charge in [-0.1, -0.05) is 64.2 Å². The first kappa shape index (κ1) is 15.5. The summed E-state index contributed by atoms with van der Waals surface area (Å²) in [6.45, 7) is 8.32. The molecule has 0 bridgehead atoms. The van der Waals surface area contributed by atoms with Gasteiger partial charge in [0.15, 0.2) is 0 Å². The van der Waals surface area contributed by atoms with Gasteiger partial charge < -0.3 is 0 Å². The third-order valence-electron chi connectivity index (χ3n) is 3.05. The Hall–Kier alpha value is -0.520. The first-order chi connectivity index (χ1) is 7.81. The molecule has 0 spiro atoms. The molecule has 0 aliphatic rings. The Labute approximate surface area is 103 Å². The van der Waals surface area contributed by atoms with E-state index >= 15 is 0 Å². The molecular formula is C16H30. The number of allylic oxidation sites excluding steroid dienone is 3. The fraction of sp³-hybridized carbons (Fsp3) is 0.750. The number of hydrogen-bond acceptors (Lipinski definition) is 0. The SMILES string of the molecule is C=CCCCCCCCC(C)CC=CCC. The second-order valence-corrected chi connectivity index (χ2v) is 4.85. The van der Waals surface area contributed by atoms with E-state index < -0.39 is 0 Å². The van der Waals surface area contributed by atoms with Gasteiger partial charge in [0.2, 0.25) is 0 Å². The van der Waals surface area contributed by atoms with Gasteiger partial charge in [0, 0.05) is 0 Å². The van der Waals surface area contributed by atoms with Gasteiger partial charge in [-0.3, -0.25) is 0 Å². The van der Waals surface area contributed by atoms with Crippen molar-refractivity contribution in [2.24, 2.45) is 5.92 Å². The maximum Gasteiger partial charge on any atom is -0.0325 e. The second-order valence-electron chi connectivity index (χ2n) is 4.85. The molecule has 0 rings (SSSR count). The molecule has 1 unspecified atom stereocenters. The standard InChI is InChI=1S/C16H30/c1-4-6-8-9-10-11-13-15-16(3)14-12-7-5-2/h4,7,12,16H,1,5-6,8-11,13-15H2,2-3H3. The summed E-state index contributed by atoms with van der Waals surface area (Å²) in [5.74, 6) is 0.871. The van der Waals surface area contributed by atoms with Crippen LogP contribution in [0.5, 0.6) is 0 Å². The van der Waals surface area contributed by atoms with Crippen molar-refractivity contribution >= 4 is 0 Å². The smallest absolute Gasteiger partial charge is 0.0325 e. The van der Waals surface area contributed by atoms with Gasteiger partial charge in [-0.05, 0) is 31.6 Å². The fourth-order valence-electron chi connectivity index (χ4n) is 1.92. The third-order valence-corrected chi connectivity index (χ3v) is 3.05. The van der Waals surface area contributed by atoms with Crippen molar-refractivity contribution < 1.29 is 0 Å². The molecule has 0 N–H and O–H groups in total. The molecule has 0 radical (unpaired) electrons. The lowest BCUT2D eigenvalue weighted by Crippen LogP contribution is -1.92. The van der Waals surface area contributed by atoms with Crippen molar-refractivity contribution in [2.45, 2.75) is 71.6 Å². The minimum absolute atomic E-state index is 0.871. The van der Waals surface area contributed by atoms with Crippen LogP contribution in [0.1, 0.15) is 71.6 Å². The molecule has 94 valence electrons. The molecule has 0 nitrogen and oxygen atoms in total. The van der Waals surface area contributed by atoms with Crippen LogP contribution in [0, 0.1) is 5.92 Å². The van der Waals surface area contributed by atoms with Gasteiger partial charge in [-0.2, -0.15) is 0 Å². The minimum atomic E-state index is 0.871. The highest BCUT2D eigenvalue weighted by atomic mass is 14.0. The summed E-state index contributed by atoms with van der Waals surface area (Å²) in [4.78, 5) is 0. The molecule has 0 saturated heterocycles. The number of rotatable bonds is 11. The van der Waals surface area contributed by atoms with Crippen LogP contribution in [-0.4, -0.2) is 0 Å². The molecule has 0 aromatic carbocycles. The van der Waals surface area contributed by atoms with Crippen LogP contribution in [0.2, 0.25) is 0 Å². The Morgan fingerprint density at radius 3 is 2.38 bits per heavy atom. The van der Waals surface area contributed by atoms with Crippen LogP contribution in [0.25, 0.3) is 0 Å². The van der Waals surface area contributed by atoms with Crippen LogP contribution in [0.4, 0.5) is 0 Å². The van der Waals surface area contributed by atoms with E-state index in [4.69, 9.17) is 0 Å². The van der Waals surface area contributed by atoms with Crippen LogP contribution in [-0.2, 0) is 0 Å². The van der Waals surface area contributed by atoms with E-state index in [1.807, 2.05) is 6.08 Å². The van der Waals surface area contributed by atoms with Gasteiger partial charge in [-0.15, -0.1) is 6.58 Å². The van der Waals surface area contributed by atoms with E-state index in [2.05, 4.69) is 32.6 Å². The Bertz CT molecular complexity index is 167. The van der Waals surface area contributed by atoms with Gasteiger partial charge in [0.05, 0.1) is 0 Å². The zero-order valence-corrected chi connectivity index (χ0v) is 11.4. The quantitative estimate of drug-likeness (QED) is 0.302. The molecular weight excluding hydrogens is 192 g/mol. The maximum atomic E-state index is 3.75. The summed E-state index contributed by atoms with van der Waals surface area (Å²) in [6.07, 6.45) is 18.6. The van der Waals surface area contributed by atoms with E-state index in [1.54, 1.807) is 0 Å². The lowest BCUT2D eigenvalue weighted by atomic mass is 9.99. The topological polar surface area (TPSA) is 0 Å². The molecule has 0 saturated carbocycles. The first-order valence-electron chi connectivity index (χ1n) is 7.07. The summed E-state index contributed by atoms with van der Waals surface area (Å²) < 4.78 is 0. The van der Waals surface area contributed by atoms with Crippen molar-refractivity contribution in [1.29, 1.82) is 0 Å². The van der Waals surface area contributed by atoms with Gasteiger partial charge in [-0.25, -0.2) is 0 Å². The van der Waals surface area contributed by atoms with Crippen molar-refractivity contribution in [3.63, 3.8) is 0 Å². The predicted molar refractivity (Wildman–Crippen MR) is 75.7 cm³/mol. The second kappa shape index (κ2) is 12.5. The average Bonchev–Trinajstić information content (AvgIpc) is 2.28.